The number of aromatic nitrogens is 2. The smallest absolute Gasteiger partial charge is 0.265 e. The number of nitriles is 1. The maximum atomic E-state index is 15.0. The summed E-state index contributed by atoms with van der Waals surface area (Å²) in [6, 6.07) is 53.5. The largest absolute Gasteiger partial charge is 0.371 e. The highest BCUT2D eigenvalue weighted by Crippen LogP contribution is 2.50. The molecular formula is C80H71N5O5S6. The van der Waals surface area contributed by atoms with E-state index >= 15 is 0 Å². The highest BCUT2D eigenvalue weighted by Gasteiger charge is 2.40. The number of imide groups is 2. The summed E-state index contributed by atoms with van der Waals surface area (Å²) in [7, 11) is 0. The molecule has 2 unspecified atom stereocenters. The molecule has 10 nitrogen and oxygen atoms in total. The molecule has 2 aliphatic rings. The Hall–Kier alpha value is -7.98. The van der Waals surface area contributed by atoms with E-state index in [1.54, 1.807) is 46.2 Å². The first-order chi connectivity index (χ1) is 46.1. The van der Waals surface area contributed by atoms with Crippen LogP contribution in [0, 0.1) is 16.7 Å². The molecule has 14 rings (SSSR count). The van der Waals surface area contributed by atoms with Crippen molar-refractivity contribution in [3.63, 3.8) is 0 Å². The summed E-state index contributed by atoms with van der Waals surface area (Å²) >= 11 is 14.2. The summed E-state index contributed by atoms with van der Waals surface area (Å²) in [6.07, 6.45) is 3.49. The molecule has 0 fully saturated rings. The number of thiophene rings is 2. The third kappa shape index (κ3) is 12.1. The highest BCUT2D eigenvalue weighted by atomic mass is 32.2. The Morgan fingerprint density at radius 1 is 0.615 bits per heavy atom. The summed E-state index contributed by atoms with van der Waals surface area (Å²) in [5, 5.41) is 18.7. The summed E-state index contributed by atoms with van der Waals surface area (Å²) in [5.74, 6) is -0.582. The number of benzene rings is 9. The van der Waals surface area contributed by atoms with Crippen molar-refractivity contribution in [2.75, 3.05) is 10.7 Å². The maximum Gasteiger partial charge on any atom is 0.265 e. The van der Waals surface area contributed by atoms with E-state index in [0.29, 0.717) is 58.3 Å². The zero-order valence-electron chi connectivity index (χ0n) is 55.0. The number of ether oxygens (including phenoxy) is 1. The number of thiocarbonyl (C=S) groups is 1. The van der Waals surface area contributed by atoms with Crippen LogP contribution in [-0.2, 0) is 35.3 Å². The fraction of sp³-hybridized carbons (Fsp3) is 0.275. The van der Waals surface area contributed by atoms with E-state index in [-0.39, 0.29) is 52.2 Å². The van der Waals surface area contributed by atoms with Crippen LogP contribution in [0.3, 0.4) is 0 Å². The molecule has 0 bridgehead atoms. The molecule has 0 saturated carbocycles. The minimum atomic E-state index is -0.634. The molecule has 3 aromatic heterocycles. The van der Waals surface area contributed by atoms with Crippen LogP contribution in [-0.4, -0.2) is 46.6 Å². The van der Waals surface area contributed by atoms with Gasteiger partial charge in [-0.25, -0.2) is 4.90 Å². The molecular weight excluding hydrogens is 1300 g/mol. The molecule has 2 atom stereocenters. The second-order valence-corrected chi connectivity index (χ2v) is 34.2. The van der Waals surface area contributed by atoms with Crippen molar-refractivity contribution in [1.29, 1.82) is 5.26 Å². The van der Waals surface area contributed by atoms with Crippen molar-refractivity contribution < 1.29 is 23.9 Å². The lowest BCUT2D eigenvalue weighted by atomic mass is 9.78. The molecule has 0 aliphatic carbocycles. The van der Waals surface area contributed by atoms with Crippen molar-refractivity contribution in [3.8, 4) is 27.0 Å². The van der Waals surface area contributed by atoms with Crippen LogP contribution in [0.15, 0.2) is 157 Å². The Morgan fingerprint density at radius 3 is 1.73 bits per heavy atom. The Balaban J connectivity index is 0.701. The predicted octanol–water partition coefficient (Wildman–Crippen LogP) is 21.8. The number of fused-ring (bicyclic) bond motifs is 3. The van der Waals surface area contributed by atoms with Crippen LogP contribution < -0.4 is 4.90 Å². The van der Waals surface area contributed by atoms with Gasteiger partial charge < -0.3 is 4.74 Å². The third-order valence-electron chi connectivity index (χ3n) is 18.9. The standard InChI is InChI=1S/C80H71N5O5S6/c1-10-11-36-93-77(91)95-66(48-20-16-46(17-21-48)42-90-43-51-23-35-65(94-51)57-29-28-56(64-13-12-37-92-64)71-72(57)83-96-82-71)38-49(40-80(8,9)44-81)47-18-14-45(15-19-47)41-84-73(86)58-30-24-52-54-26-32-60-70-61(33-27-55(68(54)70)53-25-31-59(74(84)87)69(58)67(52)53)76(89)85(75(60)88)63-39-50(78(2,3)4)22-34-62(63)79(5,6)7/h12-35,37,39,49,66H,10-11,36,38,40-43H2,1-9H3. The summed E-state index contributed by atoms with van der Waals surface area (Å²) in [5.41, 5.74) is 11.2. The Bertz CT molecular complexity index is 5020. The number of anilines is 1. The number of unbranched alkanes of at least 4 members (excludes halogenated alkanes) is 1. The van der Waals surface area contributed by atoms with Gasteiger partial charge in [-0.05, 0) is 175 Å². The molecule has 12 aromatic rings. The molecule has 9 aromatic carbocycles. The predicted molar refractivity (Wildman–Crippen MR) is 404 cm³/mol. The third-order valence-corrected chi connectivity index (χ3v) is 24.4. The molecule has 5 heterocycles. The minimum Gasteiger partial charge on any atom is -0.371 e. The molecule has 16 heteroatoms. The minimum absolute atomic E-state index is 0.0113. The normalized spacial score (nSPS) is 14.3. The van der Waals surface area contributed by atoms with E-state index in [4.69, 9.17) is 21.3 Å². The molecule has 4 amide bonds. The van der Waals surface area contributed by atoms with Gasteiger partial charge in [-0.3, -0.25) is 24.1 Å². The Morgan fingerprint density at radius 2 is 1.18 bits per heavy atom. The average molecular weight is 1370 g/mol. The van der Waals surface area contributed by atoms with E-state index in [0.717, 1.165) is 126 Å². The lowest BCUT2D eigenvalue weighted by Gasteiger charge is -2.34. The molecule has 0 saturated heterocycles. The zero-order chi connectivity index (χ0) is 67.1. The van der Waals surface area contributed by atoms with Gasteiger partial charge in [0.1, 0.15) is 14.6 Å². The van der Waals surface area contributed by atoms with Gasteiger partial charge in [0.15, 0.2) is 0 Å². The van der Waals surface area contributed by atoms with E-state index in [1.807, 2.05) is 80.6 Å². The van der Waals surface area contributed by atoms with Crippen molar-refractivity contribution in [1.82, 2.24) is 13.6 Å². The van der Waals surface area contributed by atoms with Gasteiger partial charge in [-0.1, -0.05) is 182 Å². The fourth-order valence-electron chi connectivity index (χ4n) is 13.9. The van der Waals surface area contributed by atoms with Crippen molar-refractivity contribution in [2.24, 2.45) is 5.41 Å². The Kier molecular flexibility index (Phi) is 17.5. The number of hydrogen-bond donors (Lipinski definition) is 0. The van der Waals surface area contributed by atoms with E-state index < -0.39 is 5.41 Å². The van der Waals surface area contributed by atoms with Gasteiger partial charge in [0.2, 0.25) is 0 Å². The van der Waals surface area contributed by atoms with Crippen molar-refractivity contribution in [2.45, 2.75) is 130 Å². The SMILES string of the molecule is CCCCSC(=S)SC(CC(CC(C)(C)C#N)c1ccc(CN2C(=O)c3ccc4c5ccc6c7c(ccc(c8ccc(c3c48)C2=O)c75)C(=O)N(c2cc(C(C)(C)C)ccc2C(C)(C)C)C6=O)cc1)c1ccc(COCc2ccc(-c3ccc(-c4cccs4)c4nsnc34)s2)cc1. The average Bonchev–Trinajstić information content (AvgIpc) is 0.900. The van der Waals surface area contributed by atoms with E-state index in [1.165, 1.54) is 26.4 Å². The number of amides is 4. The first-order valence-electron chi connectivity index (χ1n) is 32.6. The molecule has 96 heavy (non-hydrogen) atoms. The van der Waals surface area contributed by atoms with Crippen LogP contribution in [0.2, 0.25) is 0 Å². The van der Waals surface area contributed by atoms with Crippen LogP contribution in [0.5, 0.6) is 0 Å². The topological polar surface area (TPSA) is 134 Å². The summed E-state index contributed by atoms with van der Waals surface area (Å²) in [4.78, 5) is 65.9. The maximum absolute atomic E-state index is 15.0. The number of carbonyl (C=O) groups excluding carboxylic acids is 4. The van der Waals surface area contributed by atoms with Gasteiger partial charge >= 0.3 is 0 Å². The molecule has 0 spiro atoms. The zero-order valence-corrected chi connectivity index (χ0v) is 59.9. The van der Waals surface area contributed by atoms with Gasteiger partial charge in [0.25, 0.3) is 23.6 Å². The van der Waals surface area contributed by atoms with E-state index in [2.05, 4.69) is 149 Å². The van der Waals surface area contributed by atoms with Gasteiger partial charge in [-0.2, -0.15) is 14.0 Å². The van der Waals surface area contributed by atoms with Crippen LogP contribution >= 0.6 is 70.1 Å². The van der Waals surface area contributed by atoms with E-state index in [9.17, 15) is 24.4 Å². The molecule has 2 aliphatic heterocycles. The monoisotopic (exact) mass is 1370 g/mol. The Labute approximate surface area is 585 Å². The molecule has 0 N–H and O–H groups in total. The lowest BCUT2D eigenvalue weighted by Crippen LogP contribution is -2.42. The molecule has 0 radical (unpaired) electrons. The quantitative estimate of drug-likeness (QED) is 0.0252. The van der Waals surface area contributed by atoms with Crippen LogP contribution in [0.25, 0.3) is 75.0 Å². The van der Waals surface area contributed by atoms with Crippen molar-refractivity contribution >= 4 is 157 Å². The summed E-state index contributed by atoms with van der Waals surface area (Å²) in [6.45, 7) is 19.8. The van der Waals surface area contributed by atoms with Gasteiger partial charge in [0, 0.05) is 64.0 Å². The number of thioether (sulfide) groups is 2. The second kappa shape index (κ2) is 25.8. The second-order valence-electron chi connectivity index (χ2n) is 28.0. The number of nitrogens with zero attached hydrogens (tertiary/aromatic N) is 5. The first-order valence-corrected chi connectivity index (χ1v) is 37.3. The lowest BCUT2D eigenvalue weighted by molar-refractivity contribution is 0.0597. The number of rotatable bonds is 19. The summed E-state index contributed by atoms with van der Waals surface area (Å²) < 4.78 is 16.6. The van der Waals surface area contributed by atoms with Crippen LogP contribution in [0.4, 0.5) is 5.69 Å². The van der Waals surface area contributed by atoms with Crippen LogP contribution in [0.1, 0.15) is 179 Å². The van der Waals surface area contributed by atoms with Gasteiger partial charge in [0.05, 0.1) is 48.7 Å². The van der Waals surface area contributed by atoms with Crippen molar-refractivity contribution in [3.05, 3.63) is 218 Å². The molecule has 482 valence electrons. The number of carbonyl (C=O) groups is 4. The highest BCUT2D eigenvalue weighted by molar-refractivity contribution is 8.47. The first kappa shape index (κ1) is 65.3. The fourth-order valence-corrected chi connectivity index (χ4v) is 19.1. The van der Waals surface area contributed by atoms with Gasteiger partial charge in [-0.15, -0.1) is 34.4 Å². The number of hydrogen-bond acceptors (Lipinski definition) is 14.